The first kappa shape index (κ1) is 14.0. The van der Waals surface area contributed by atoms with Crippen LogP contribution >= 0.6 is 0 Å². The third-order valence-electron chi connectivity index (χ3n) is 3.54. The topological polar surface area (TPSA) is 47.8 Å². The number of benzene rings is 2. The highest BCUT2D eigenvalue weighted by atomic mass is 19.1. The fraction of sp³-hybridized carbons (Fsp3) is 0.294. The lowest BCUT2D eigenvalue weighted by molar-refractivity contribution is 0.290. The lowest BCUT2D eigenvalue weighted by Gasteiger charge is -2.11. The van der Waals surface area contributed by atoms with Crippen molar-refractivity contribution < 1.29 is 13.9 Å². The van der Waals surface area contributed by atoms with Crippen LogP contribution in [0.15, 0.2) is 48.5 Å². The molecule has 0 aliphatic carbocycles. The minimum atomic E-state index is -0.354. The van der Waals surface area contributed by atoms with Gasteiger partial charge < -0.3 is 15.2 Å². The van der Waals surface area contributed by atoms with Crippen molar-refractivity contribution in [3.8, 4) is 5.75 Å². The molecule has 2 aromatic carbocycles. The molecular weight excluding hydrogens is 269 g/mol. The van der Waals surface area contributed by atoms with Crippen LogP contribution in [0.5, 0.6) is 5.75 Å². The molecule has 0 unspecified atom stereocenters. The van der Waals surface area contributed by atoms with Crippen LogP contribution in [0.2, 0.25) is 0 Å². The number of nitrogens with two attached hydrogens (primary N) is 1. The monoisotopic (exact) mass is 287 g/mol. The first-order chi connectivity index (χ1) is 10.2. The van der Waals surface area contributed by atoms with Gasteiger partial charge in [0.15, 0.2) is 11.6 Å². The van der Waals surface area contributed by atoms with E-state index in [1.807, 2.05) is 36.4 Å². The van der Waals surface area contributed by atoms with Crippen LogP contribution in [0.1, 0.15) is 11.1 Å². The summed E-state index contributed by atoms with van der Waals surface area (Å²) in [5.74, 6) is -0.0915. The van der Waals surface area contributed by atoms with Crippen molar-refractivity contribution in [3.63, 3.8) is 0 Å². The molecule has 0 bridgehead atoms. The Labute approximate surface area is 123 Å². The van der Waals surface area contributed by atoms with Gasteiger partial charge in [-0.05, 0) is 29.7 Å². The molecule has 21 heavy (non-hydrogen) atoms. The summed E-state index contributed by atoms with van der Waals surface area (Å²) >= 11 is 0. The summed E-state index contributed by atoms with van der Waals surface area (Å²) in [6.07, 6.45) is 0.739. The Hall–Kier alpha value is -1.91. The van der Waals surface area contributed by atoms with Gasteiger partial charge in [-0.2, -0.15) is 0 Å². The lowest BCUT2D eigenvalue weighted by atomic mass is 10.0. The second kappa shape index (κ2) is 6.24. The SMILES string of the molecule is N[C@@H](Cc1ccc(OCc2ccccc2)c(F)c1)[C@H]1CO1. The summed E-state index contributed by atoms with van der Waals surface area (Å²) in [5.41, 5.74) is 7.83. The van der Waals surface area contributed by atoms with E-state index >= 15 is 0 Å². The van der Waals surface area contributed by atoms with E-state index < -0.39 is 0 Å². The van der Waals surface area contributed by atoms with Gasteiger partial charge in [0.1, 0.15) is 6.61 Å². The Kier molecular flexibility index (Phi) is 4.18. The van der Waals surface area contributed by atoms with E-state index in [0.717, 1.165) is 11.1 Å². The zero-order valence-corrected chi connectivity index (χ0v) is 11.7. The van der Waals surface area contributed by atoms with Gasteiger partial charge in [0.2, 0.25) is 0 Å². The van der Waals surface area contributed by atoms with E-state index in [1.165, 1.54) is 6.07 Å². The van der Waals surface area contributed by atoms with E-state index in [-0.39, 0.29) is 23.7 Å². The molecule has 3 rings (SSSR count). The molecule has 1 saturated heterocycles. The largest absolute Gasteiger partial charge is 0.486 e. The summed E-state index contributed by atoms with van der Waals surface area (Å²) in [6, 6.07) is 14.6. The molecule has 2 aromatic rings. The van der Waals surface area contributed by atoms with E-state index in [1.54, 1.807) is 6.07 Å². The molecule has 3 nitrogen and oxygen atoms in total. The molecule has 1 aliphatic heterocycles. The number of rotatable bonds is 6. The molecule has 2 atom stereocenters. The Morgan fingerprint density at radius 2 is 1.95 bits per heavy atom. The lowest BCUT2D eigenvalue weighted by Crippen LogP contribution is -2.29. The predicted octanol–water partition coefficient (Wildman–Crippen LogP) is 2.67. The molecule has 0 amide bonds. The van der Waals surface area contributed by atoms with Crippen LogP contribution in [0.25, 0.3) is 0 Å². The van der Waals surface area contributed by atoms with Crippen molar-refractivity contribution in [3.05, 3.63) is 65.5 Å². The molecule has 0 radical (unpaired) electrons. The number of hydrogen-bond acceptors (Lipinski definition) is 3. The molecule has 0 saturated carbocycles. The van der Waals surface area contributed by atoms with E-state index in [9.17, 15) is 4.39 Å². The van der Waals surface area contributed by atoms with Gasteiger partial charge in [0.05, 0.1) is 12.7 Å². The molecule has 1 aliphatic rings. The van der Waals surface area contributed by atoms with Crippen LogP contribution in [-0.2, 0) is 17.8 Å². The van der Waals surface area contributed by atoms with Gasteiger partial charge in [0, 0.05) is 6.04 Å². The van der Waals surface area contributed by atoms with Crippen molar-refractivity contribution >= 4 is 0 Å². The smallest absolute Gasteiger partial charge is 0.165 e. The number of ether oxygens (including phenoxy) is 2. The number of hydrogen-bond donors (Lipinski definition) is 1. The summed E-state index contributed by atoms with van der Waals surface area (Å²) in [7, 11) is 0. The Balaban J connectivity index is 1.61. The van der Waals surface area contributed by atoms with Crippen LogP contribution in [0.4, 0.5) is 4.39 Å². The molecule has 1 heterocycles. The first-order valence-corrected chi connectivity index (χ1v) is 7.05. The average Bonchev–Trinajstić information content (AvgIpc) is 3.32. The molecule has 110 valence electrons. The molecule has 2 N–H and O–H groups in total. The molecular formula is C17H18FNO2. The quantitative estimate of drug-likeness (QED) is 0.831. The van der Waals surface area contributed by atoms with E-state index in [2.05, 4.69) is 0 Å². The Bertz CT molecular complexity index is 599. The van der Waals surface area contributed by atoms with E-state index in [0.29, 0.717) is 19.6 Å². The van der Waals surface area contributed by atoms with Crippen molar-refractivity contribution in [1.82, 2.24) is 0 Å². The van der Waals surface area contributed by atoms with E-state index in [4.69, 9.17) is 15.2 Å². The number of halogens is 1. The van der Waals surface area contributed by atoms with Gasteiger partial charge in [-0.15, -0.1) is 0 Å². The van der Waals surface area contributed by atoms with Crippen molar-refractivity contribution in [2.45, 2.75) is 25.2 Å². The standard InChI is InChI=1S/C17H18FNO2/c18-14-8-13(9-15(19)17-11-21-17)6-7-16(14)20-10-12-4-2-1-3-5-12/h1-8,15,17H,9-11,19H2/t15-,17+/m0/s1. The van der Waals surface area contributed by atoms with Crippen molar-refractivity contribution in [2.75, 3.05) is 6.61 Å². The predicted molar refractivity (Wildman–Crippen MR) is 78.6 cm³/mol. The van der Waals surface area contributed by atoms with Gasteiger partial charge in [0.25, 0.3) is 0 Å². The van der Waals surface area contributed by atoms with Crippen molar-refractivity contribution in [1.29, 1.82) is 0 Å². The van der Waals surface area contributed by atoms with Gasteiger partial charge in [-0.25, -0.2) is 4.39 Å². The van der Waals surface area contributed by atoms with Gasteiger partial charge >= 0.3 is 0 Å². The summed E-state index contributed by atoms with van der Waals surface area (Å²) in [4.78, 5) is 0. The zero-order valence-electron chi connectivity index (χ0n) is 11.7. The minimum absolute atomic E-state index is 0.0690. The van der Waals surface area contributed by atoms with Crippen LogP contribution < -0.4 is 10.5 Å². The zero-order chi connectivity index (χ0) is 14.7. The molecule has 0 aromatic heterocycles. The van der Waals surface area contributed by atoms with Crippen LogP contribution in [0.3, 0.4) is 0 Å². The van der Waals surface area contributed by atoms with Crippen LogP contribution in [-0.4, -0.2) is 18.8 Å². The maximum atomic E-state index is 14.0. The second-order valence-corrected chi connectivity index (χ2v) is 5.28. The third-order valence-corrected chi connectivity index (χ3v) is 3.54. The highest BCUT2D eigenvalue weighted by Gasteiger charge is 2.29. The number of epoxide rings is 1. The van der Waals surface area contributed by atoms with Crippen LogP contribution in [0, 0.1) is 5.82 Å². The summed E-state index contributed by atoms with van der Waals surface area (Å²) in [6.45, 7) is 1.06. The molecule has 0 spiro atoms. The molecule has 4 heteroatoms. The maximum absolute atomic E-state index is 14.0. The van der Waals surface area contributed by atoms with Gasteiger partial charge in [-0.3, -0.25) is 0 Å². The Morgan fingerprint density at radius 1 is 1.19 bits per heavy atom. The van der Waals surface area contributed by atoms with Crippen molar-refractivity contribution in [2.24, 2.45) is 5.73 Å². The summed E-state index contributed by atoms with van der Waals surface area (Å²) < 4.78 is 24.7. The summed E-state index contributed by atoms with van der Waals surface area (Å²) in [5, 5.41) is 0. The highest BCUT2D eigenvalue weighted by Crippen LogP contribution is 2.22. The first-order valence-electron chi connectivity index (χ1n) is 7.05. The third kappa shape index (κ3) is 3.80. The second-order valence-electron chi connectivity index (χ2n) is 5.28. The maximum Gasteiger partial charge on any atom is 0.165 e. The minimum Gasteiger partial charge on any atom is -0.486 e. The molecule has 1 fully saturated rings. The Morgan fingerprint density at radius 3 is 2.62 bits per heavy atom. The van der Waals surface area contributed by atoms with Gasteiger partial charge in [-0.1, -0.05) is 36.4 Å². The fourth-order valence-electron chi connectivity index (χ4n) is 2.23. The normalized spacial score (nSPS) is 18.3. The highest BCUT2D eigenvalue weighted by molar-refractivity contribution is 5.30. The average molecular weight is 287 g/mol. The fourth-order valence-corrected chi connectivity index (χ4v) is 2.23.